The van der Waals surface area contributed by atoms with Crippen LogP contribution in [-0.2, 0) is 16.5 Å². The number of aryl methyl sites for hydroxylation is 1. The molecule has 0 radical (unpaired) electrons. The lowest BCUT2D eigenvalue weighted by Gasteiger charge is -2.37. The van der Waals surface area contributed by atoms with Crippen molar-refractivity contribution in [2.45, 2.75) is 71.9 Å². The van der Waals surface area contributed by atoms with Crippen molar-refractivity contribution in [1.82, 2.24) is 19.6 Å². The molecule has 0 amide bonds. The first-order chi connectivity index (χ1) is 12.3. The van der Waals surface area contributed by atoms with E-state index in [0.29, 0.717) is 24.3 Å². The number of rotatable bonds is 3. The van der Waals surface area contributed by atoms with Gasteiger partial charge in [0, 0.05) is 57.1 Å². The van der Waals surface area contributed by atoms with Crippen LogP contribution in [0.1, 0.15) is 53.2 Å². The van der Waals surface area contributed by atoms with Crippen LogP contribution in [0.5, 0.6) is 0 Å². The summed E-state index contributed by atoms with van der Waals surface area (Å²) in [6.45, 7) is 18.2. The average Bonchev–Trinajstić information content (AvgIpc) is 3.01. The molecule has 2 saturated heterocycles. The van der Waals surface area contributed by atoms with Crippen LogP contribution in [0.4, 0.5) is 0 Å². The Morgan fingerprint density at radius 3 is 2.12 bits per heavy atom. The van der Waals surface area contributed by atoms with Gasteiger partial charge in [0.15, 0.2) is 0 Å². The Labute approximate surface area is 159 Å². The van der Waals surface area contributed by atoms with E-state index in [2.05, 4.69) is 56.4 Å². The molecule has 1 aromatic rings. The van der Waals surface area contributed by atoms with Crippen LogP contribution in [0.25, 0.3) is 0 Å². The lowest BCUT2D eigenvalue weighted by molar-refractivity contribution is -0.0764. The summed E-state index contributed by atoms with van der Waals surface area (Å²) >= 11 is 0. The monoisotopic (exact) mass is 366 g/mol. The molecule has 3 atom stereocenters. The molecule has 0 bridgehead atoms. The summed E-state index contributed by atoms with van der Waals surface area (Å²) in [7, 11) is 1.94. The van der Waals surface area contributed by atoms with E-state index in [1.807, 2.05) is 24.1 Å². The Kier molecular flexibility index (Phi) is 8.07. The molecule has 0 spiro atoms. The first kappa shape index (κ1) is 21.4. The largest absolute Gasteiger partial charge is 0.373 e. The Balaban J connectivity index is 0.000000197. The summed E-state index contributed by atoms with van der Waals surface area (Å²) in [4.78, 5) is 4.92. The van der Waals surface area contributed by atoms with E-state index in [0.717, 1.165) is 32.8 Å². The van der Waals surface area contributed by atoms with Gasteiger partial charge in [-0.15, -0.1) is 0 Å². The van der Waals surface area contributed by atoms with Crippen molar-refractivity contribution in [3.8, 4) is 0 Å². The SMILES string of the molecule is CC(C)N1CCOC(c2cnn(C)c2)C1.CC1CN(C(C)C)CC(C)O1. The second kappa shape index (κ2) is 9.83. The smallest absolute Gasteiger partial charge is 0.0982 e. The highest BCUT2D eigenvalue weighted by Crippen LogP contribution is 2.22. The van der Waals surface area contributed by atoms with E-state index in [1.54, 1.807) is 0 Å². The van der Waals surface area contributed by atoms with E-state index in [1.165, 1.54) is 5.56 Å². The number of hydrogen-bond donors (Lipinski definition) is 0. The number of hydrogen-bond acceptors (Lipinski definition) is 5. The lowest BCUT2D eigenvalue weighted by Crippen LogP contribution is -2.48. The molecular weight excluding hydrogens is 328 g/mol. The Bertz CT molecular complexity index is 522. The minimum atomic E-state index is 0.190. The van der Waals surface area contributed by atoms with E-state index in [-0.39, 0.29) is 6.10 Å². The summed E-state index contributed by atoms with van der Waals surface area (Å²) in [5.74, 6) is 0. The van der Waals surface area contributed by atoms with E-state index in [9.17, 15) is 0 Å². The molecule has 26 heavy (non-hydrogen) atoms. The fourth-order valence-corrected chi connectivity index (χ4v) is 3.59. The Morgan fingerprint density at radius 1 is 1.00 bits per heavy atom. The molecule has 0 N–H and O–H groups in total. The van der Waals surface area contributed by atoms with Gasteiger partial charge in [-0.3, -0.25) is 14.5 Å². The van der Waals surface area contributed by atoms with Gasteiger partial charge in [-0.25, -0.2) is 0 Å². The summed E-state index contributed by atoms with van der Waals surface area (Å²) in [5, 5.41) is 4.18. The highest BCUT2D eigenvalue weighted by Gasteiger charge is 2.24. The molecule has 2 aliphatic rings. The second-order valence-corrected chi connectivity index (χ2v) is 8.20. The van der Waals surface area contributed by atoms with Crippen molar-refractivity contribution < 1.29 is 9.47 Å². The molecule has 150 valence electrons. The van der Waals surface area contributed by atoms with Crippen molar-refractivity contribution in [2.24, 2.45) is 7.05 Å². The van der Waals surface area contributed by atoms with Gasteiger partial charge in [0.05, 0.1) is 31.1 Å². The van der Waals surface area contributed by atoms with Crippen LogP contribution in [-0.4, -0.2) is 76.7 Å². The molecular formula is C20H38N4O2. The topological polar surface area (TPSA) is 42.8 Å². The van der Waals surface area contributed by atoms with Gasteiger partial charge in [0.2, 0.25) is 0 Å². The number of morpholine rings is 2. The van der Waals surface area contributed by atoms with Crippen LogP contribution >= 0.6 is 0 Å². The summed E-state index contributed by atoms with van der Waals surface area (Å²) in [6, 6.07) is 1.25. The van der Waals surface area contributed by atoms with Gasteiger partial charge in [-0.05, 0) is 41.5 Å². The van der Waals surface area contributed by atoms with Crippen molar-refractivity contribution in [2.75, 3.05) is 32.8 Å². The minimum Gasteiger partial charge on any atom is -0.373 e. The molecule has 2 aliphatic heterocycles. The van der Waals surface area contributed by atoms with E-state index in [4.69, 9.17) is 9.47 Å². The fourth-order valence-electron chi connectivity index (χ4n) is 3.59. The summed E-state index contributed by atoms with van der Waals surface area (Å²) in [6.07, 6.45) is 4.93. The highest BCUT2D eigenvalue weighted by molar-refractivity contribution is 5.09. The number of ether oxygens (including phenoxy) is 2. The van der Waals surface area contributed by atoms with Crippen LogP contribution in [0.15, 0.2) is 12.4 Å². The normalized spacial score (nSPS) is 28.3. The Hall–Kier alpha value is -0.950. The maximum atomic E-state index is 5.76. The van der Waals surface area contributed by atoms with Gasteiger partial charge < -0.3 is 9.47 Å². The fraction of sp³-hybridized carbons (Fsp3) is 0.850. The van der Waals surface area contributed by atoms with Gasteiger partial charge in [0.1, 0.15) is 0 Å². The zero-order valence-electron chi connectivity index (χ0n) is 17.7. The van der Waals surface area contributed by atoms with Crippen molar-refractivity contribution in [1.29, 1.82) is 0 Å². The van der Waals surface area contributed by atoms with Gasteiger partial charge in [-0.1, -0.05) is 0 Å². The van der Waals surface area contributed by atoms with E-state index >= 15 is 0 Å². The number of aromatic nitrogens is 2. The lowest BCUT2D eigenvalue weighted by atomic mass is 10.1. The quantitative estimate of drug-likeness (QED) is 0.823. The predicted molar refractivity (Wildman–Crippen MR) is 105 cm³/mol. The average molecular weight is 367 g/mol. The summed E-state index contributed by atoms with van der Waals surface area (Å²) < 4.78 is 13.2. The third-order valence-electron chi connectivity index (χ3n) is 5.10. The van der Waals surface area contributed by atoms with Crippen LogP contribution < -0.4 is 0 Å². The van der Waals surface area contributed by atoms with Gasteiger partial charge in [0.25, 0.3) is 0 Å². The zero-order valence-corrected chi connectivity index (χ0v) is 17.7. The van der Waals surface area contributed by atoms with Crippen LogP contribution in [0.2, 0.25) is 0 Å². The second-order valence-electron chi connectivity index (χ2n) is 8.20. The molecule has 1 aromatic heterocycles. The molecule has 0 saturated carbocycles. The third kappa shape index (κ3) is 6.34. The molecule has 0 aliphatic carbocycles. The highest BCUT2D eigenvalue weighted by atomic mass is 16.5. The van der Waals surface area contributed by atoms with Gasteiger partial charge in [-0.2, -0.15) is 5.10 Å². The molecule has 3 heterocycles. The number of nitrogens with zero attached hydrogens (tertiary/aromatic N) is 4. The summed E-state index contributed by atoms with van der Waals surface area (Å²) in [5.41, 5.74) is 1.18. The maximum Gasteiger partial charge on any atom is 0.0982 e. The van der Waals surface area contributed by atoms with Crippen molar-refractivity contribution in [3.05, 3.63) is 18.0 Å². The standard InChI is InChI=1S/C11H19N3O.C9H19NO/c1-9(2)14-4-5-15-11(8-14)10-6-12-13(3)7-10;1-7(2)10-5-8(3)11-9(4)6-10/h6-7,9,11H,4-5,8H2,1-3H3;7-9H,5-6H2,1-4H3. The predicted octanol–water partition coefficient (Wildman–Crippen LogP) is 2.71. The van der Waals surface area contributed by atoms with Crippen molar-refractivity contribution in [3.63, 3.8) is 0 Å². The third-order valence-corrected chi connectivity index (χ3v) is 5.10. The van der Waals surface area contributed by atoms with Crippen LogP contribution in [0.3, 0.4) is 0 Å². The van der Waals surface area contributed by atoms with Gasteiger partial charge >= 0.3 is 0 Å². The maximum absolute atomic E-state index is 5.76. The zero-order chi connectivity index (χ0) is 19.3. The minimum absolute atomic E-state index is 0.190. The van der Waals surface area contributed by atoms with Crippen molar-refractivity contribution >= 4 is 0 Å². The molecule has 3 unspecified atom stereocenters. The first-order valence-electron chi connectivity index (χ1n) is 10.00. The molecule has 6 nitrogen and oxygen atoms in total. The van der Waals surface area contributed by atoms with Crippen LogP contribution in [0, 0.1) is 0 Å². The molecule has 3 rings (SSSR count). The Morgan fingerprint density at radius 2 is 1.62 bits per heavy atom. The van der Waals surface area contributed by atoms with E-state index < -0.39 is 0 Å². The molecule has 2 fully saturated rings. The molecule has 6 heteroatoms. The first-order valence-corrected chi connectivity index (χ1v) is 10.00. The molecule has 0 aromatic carbocycles.